The van der Waals surface area contributed by atoms with Gasteiger partial charge in [-0.25, -0.2) is 9.37 Å². The molecule has 1 aromatic heterocycles. The lowest BCUT2D eigenvalue weighted by atomic mass is 9.72. The molecule has 0 radical (unpaired) electrons. The maximum Gasteiger partial charge on any atom is 0.314 e. The molecule has 1 amide bonds. The summed E-state index contributed by atoms with van der Waals surface area (Å²) < 4.78 is 14.7. The number of aliphatic carboxylic acids is 1. The number of rotatable bonds is 4. The zero-order valence-corrected chi connectivity index (χ0v) is 14.3. The zero-order valence-electron chi connectivity index (χ0n) is 14.3. The third-order valence-corrected chi connectivity index (χ3v) is 4.97. The van der Waals surface area contributed by atoms with Crippen molar-refractivity contribution in [3.63, 3.8) is 0 Å². The summed E-state index contributed by atoms with van der Waals surface area (Å²) in [5.41, 5.74) is -0.616. The van der Waals surface area contributed by atoms with Crippen LogP contribution in [0.15, 0.2) is 36.8 Å². The van der Waals surface area contributed by atoms with E-state index in [4.69, 9.17) is 0 Å². The van der Waals surface area contributed by atoms with Crippen molar-refractivity contribution in [3.05, 3.63) is 53.9 Å². The van der Waals surface area contributed by atoms with Crippen molar-refractivity contribution in [1.29, 1.82) is 0 Å². The lowest BCUT2D eigenvalue weighted by Crippen LogP contribution is -2.58. The Kier molecular flexibility index (Phi) is 4.78. The SMILES string of the molecule is Cn1cncc1C(=O)N1CC[C@H](O)[C@](Cc2ccc(F)cc2)(C(=O)O)C1. The lowest BCUT2D eigenvalue weighted by Gasteiger charge is -2.43. The van der Waals surface area contributed by atoms with Gasteiger partial charge in [0.1, 0.15) is 16.9 Å². The normalized spacial score (nSPS) is 23.0. The van der Waals surface area contributed by atoms with Crippen molar-refractivity contribution in [1.82, 2.24) is 14.5 Å². The first-order chi connectivity index (χ1) is 12.3. The van der Waals surface area contributed by atoms with Crippen LogP contribution in [-0.2, 0) is 18.3 Å². The first-order valence-corrected chi connectivity index (χ1v) is 8.25. The van der Waals surface area contributed by atoms with Crippen molar-refractivity contribution in [2.24, 2.45) is 12.5 Å². The number of nitrogens with zero attached hydrogens (tertiary/aromatic N) is 3. The molecule has 2 heterocycles. The molecule has 26 heavy (non-hydrogen) atoms. The van der Waals surface area contributed by atoms with E-state index in [2.05, 4.69) is 4.98 Å². The number of imidazole rings is 1. The second kappa shape index (κ2) is 6.87. The summed E-state index contributed by atoms with van der Waals surface area (Å²) in [7, 11) is 1.68. The average Bonchev–Trinajstić information content (AvgIpc) is 3.04. The van der Waals surface area contributed by atoms with Crippen molar-refractivity contribution >= 4 is 11.9 Å². The minimum Gasteiger partial charge on any atom is -0.481 e. The quantitative estimate of drug-likeness (QED) is 0.850. The summed E-state index contributed by atoms with van der Waals surface area (Å²) in [6.45, 7) is 0.120. The summed E-state index contributed by atoms with van der Waals surface area (Å²) in [6.07, 6.45) is 1.96. The van der Waals surface area contributed by atoms with E-state index in [1.807, 2.05) is 0 Å². The molecule has 1 saturated heterocycles. The number of likely N-dealkylation sites (tertiary alicyclic amines) is 1. The molecule has 7 nitrogen and oxygen atoms in total. The second-order valence-electron chi connectivity index (χ2n) is 6.69. The van der Waals surface area contributed by atoms with Gasteiger partial charge in [-0.3, -0.25) is 9.59 Å². The van der Waals surface area contributed by atoms with Gasteiger partial charge in [0, 0.05) is 20.1 Å². The number of halogens is 1. The Morgan fingerprint density at radius 1 is 1.35 bits per heavy atom. The van der Waals surface area contributed by atoms with E-state index in [-0.39, 0.29) is 31.8 Å². The highest BCUT2D eigenvalue weighted by Gasteiger charge is 2.50. The smallest absolute Gasteiger partial charge is 0.314 e. The maximum absolute atomic E-state index is 13.1. The van der Waals surface area contributed by atoms with Gasteiger partial charge in [-0.15, -0.1) is 0 Å². The molecule has 2 atom stereocenters. The number of aliphatic hydroxyl groups is 1. The largest absolute Gasteiger partial charge is 0.481 e. The summed E-state index contributed by atoms with van der Waals surface area (Å²) in [5, 5.41) is 20.4. The van der Waals surface area contributed by atoms with Crippen LogP contribution in [0.4, 0.5) is 4.39 Å². The number of hydrogen-bond donors (Lipinski definition) is 2. The van der Waals surface area contributed by atoms with Crippen molar-refractivity contribution in [2.75, 3.05) is 13.1 Å². The molecule has 1 aliphatic heterocycles. The summed E-state index contributed by atoms with van der Waals surface area (Å²) in [5.74, 6) is -1.94. The lowest BCUT2D eigenvalue weighted by molar-refractivity contribution is -0.161. The zero-order chi connectivity index (χ0) is 18.9. The number of benzene rings is 1. The predicted octanol–water partition coefficient (Wildman–Crippen LogP) is 1.08. The number of aryl methyl sites for hydroxylation is 1. The van der Waals surface area contributed by atoms with Crippen LogP contribution < -0.4 is 0 Å². The molecule has 0 aliphatic carbocycles. The minimum absolute atomic E-state index is 0.00104. The highest BCUT2D eigenvalue weighted by Crippen LogP contribution is 2.35. The number of carbonyl (C=O) groups is 2. The van der Waals surface area contributed by atoms with E-state index < -0.39 is 23.3 Å². The number of carboxylic acid groups (broad SMARTS) is 1. The first kappa shape index (κ1) is 18.1. The molecule has 0 bridgehead atoms. The van der Waals surface area contributed by atoms with E-state index in [0.29, 0.717) is 11.3 Å². The Bertz CT molecular complexity index is 820. The fourth-order valence-electron chi connectivity index (χ4n) is 3.40. The first-order valence-electron chi connectivity index (χ1n) is 8.25. The van der Waals surface area contributed by atoms with Crippen LogP contribution >= 0.6 is 0 Å². The fourth-order valence-corrected chi connectivity index (χ4v) is 3.40. The molecule has 138 valence electrons. The van der Waals surface area contributed by atoms with Gasteiger partial charge in [0.05, 0.1) is 18.6 Å². The maximum atomic E-state index is 13.1. The van der Waals surface area contributed by atoms with Gasteiger partial charge in [-0.1, -0.05) is 12.1 Å². The number of hydrogen-bond acceptors (Lipinski definition) is 4. The van der Waals surface area contributed by atoms with Crippen LogP contribution in [0.2, 0.25) is 0 Å². The Labute approximate surface area is 149 Å². The van der Waals surface area contributed by atoms with Gasteiger partial charge in [0.25, 0.3) is 5.91 Å². The molecule has 0 unspecified atom stereocenters. The van der Waals surface area contributed by atoms with Crippen molar-refractivity contribution in [2.45, 2.75) is 18.9 Å². The molecule has 1 aliphatic rings. The monoisotopic (exact) mass is 361 g/mol. The molecule has 1 aromatic carbocycles. The van der Waals surface area contributed by atoms with Crippen LogP contribution in [0.5, 0.6) is 0 Å². The van der Waals surface area contributed by atoms with Crippen LogP contribution in [0.25, 0.3) is 0 Å². The van der Waals surface area contributed by atoms with E-state index in [1.165, 1.54) is 41.7 Å². The van der Waals surface area contributed by atoms with Gasteiger partial charge in [0.2, 0.25) is 0 Å². The Morgan fingerprint density at radius 3 is 2.62 bits per heavy atom. The van der Waals surface area contributed by atoms with Crippen LogP contribution in [0, 0.1) is 11.2 Å². The molecule has 3 rings (SSSR count). The summed E-state index contributed by atoms with van der Waals surface area (Å²) in [6, 6.07) is 5.49. The van der Waals surface area contributed by atoms with Crippen molar-refractivity contribution in [3.8, 4) is 0 Å². The molecule has 2 N–H and O–H groups in total. The van der Waals surface area contributed by atoms with Crippen LogP contribution in [0.1, 0.15) is 22.5 Å². The molecule has 0 saturated carbocycles. The molecule has 0 spiro atoms. The van der Waals surface area contributed by atoms with Crippen LogP contribution in [0.3, 0.4) is 0 Å². The molecule has 8 heteroatoms. The molecule has 2 aromatic rings. The van der Waals surface area contributed by atoms with E-state index in [1.54, 1.807) is 11.6 Å². The number of carboxylic acids is 1. The second-order valence-corrected chi connectivity index (χ2v) is 6.69. The van der Waals surface area contributed by atoms with Gasteiger partial charge in [0.15, 0.2) is 0 Å². The summed E-state index contributed by atoms with van der Waals surface area (Å²) in [4.78, 5) is 30.2. The highest BCUT2D eigenvalue weighted by atomic mass is 19.1. The third kappa shape index (κ3) is 3.20. The van der Waals surface area contributed by atoms with Gasteiger partial charge in [-0.2, -0.15) is 0 Å². The molecular weight excluding hydrogens is 341 g/mol. The van der Waals surface area contributed by atoms with E-state index in [9.17, 15) is 24.2 Å². The Hall–Kier alpha value is -2.74. The number of piperidine rings is 1. The Morgan fingerprint density at radius 2 is 2.04 bits per heavy atom. The number of carbonyl (C=O) groups excluding carboxylic acids is 1. The van der Waals surface area contributed by atoms with Crippen LogP contribution in [-0.4, -0.2) is 55.7 Å². The average molecular weight is 361 g/mol. The van der Waals surface area contributed by atoms with Gasteiger partial charge < -0.3 is 19.7 Å². The predicted molar refractivity (Wildman–Crippen MR) is 89.9 cm³/mol. The molecular formula is C18H20FN3O4. The number of aromatic nitrogens is 2. The van der Waals surface area contributed by atoms with E-state index in [0.717, 1.165) is 0 Å². The molecule has 1 fully saturated rings. The highest BCUT2D eigenvalue weighted by molar-refractivity contribution is 5.93. The Balaban J connectivity index is 1.90. The number of amides is 1. The number of aliphatic hydroxyl groups excluding tert-OH is 1. The standard InChI is InChI=1S/C18H20FN3O4/c1-21-11-20-9-14(21)16(24)22-7-6-15(23)18(10-22,17(25)26)8-12-2-4-13(19)5-3-12/h2-5,9,11,15,23H,6-8,10H2,1H3,(H,25,26)/t15-,18+/m0/s1. The van der Waals surface area contributed by atoms with E-state index >= 15 is 0 Å². The topological polar surface area (TPSA) is 95.7 Å². The minimum atomic E-state index is -1.55. The van der Waals surface area contributed by atoms with Crippen molar-refractivity contribution < 1.29 is 24.2 Å². The van der Waals surface area contributed by atoms with Gasteiger partial charge in [-0.05, 0) is 30.5 Å². The third-order valence-electron chi connectivity index (χ3n) is 4.97. The fraction of sp³-hybridized carbons (Fsp3) is 0.389. The summed E-state index contributed by atoms with van der Waals surface area (Å²) >= 11 is 0. The van der Waals surface area contributed by atoms with Gasteiger partial charge >= 0.3 is 5.97 Å².